The molecule has 2 aromatic rings. The largest absolute Gasteiger partial charge is 0.479 e. The third-order valence-electron chi connectivity index (χ3n) is 4.28. The number of amides is 1. The number of alkyl carbamates (subject to hydrolysis) is 1. The van der Waals surface area contributed by atoms with Crippen LogP contribution in [0.5, 0.6) is 0 Å². The summed E-state index contributed by atoms with van der Waals surface area (Å²) in [6, 6.07) is 16.5. The van der Waals surface area contributed by atoms with Gasteiger partial charge in [-0.3, -0.25) is 0 Å². The molecule has 0 fully saturated rings. The average molecular weight is 341 g/mol. The molecule has 2 N–H and O–H groups in total. The molecule has 0 aliphatic carbocycles. The molecular weight excluding hydrogens is 318 g/mol. The Hall–Kier alpha value is -2.82. The summed E-state index contributed by atoms with van der Waals surface area (Å²) in [4.78, 5) is 24.1. The van der Waals surface area contributed by atoms with E-state index in [9.17, 15) is 14.7 Å². The Labute approximate surface area is 147 Å². The third-order valence-corrected chi connectivity index (χ3v) is 4.28. The monoisotopic (exact) mass is 341 g/mol. The summed E-state index contributed by atoms with van der Waals surface area (Å²) in [7, 11) is 0. The second-order valence-electron chi connectivity index (χ2n) is 5.80. The molecule has 2 rings (SSSR count). The fraction of sp³-hybridized carbons (Fsp3) is 0.300. The van der Waals surface area contributed by atoms with Gasteiger partial charge in [0.05, 0.1) is 0 Å². The van der Waals surface area contributed by atoms with Crippen LogP contribution in [-0.2, 0) is 28.1 Å². The van der Waals surface area contributed by atoms with Crippen molar-refractivity contribution in [1.82, 2.24) is 5.32 Å². The van der Waals surface area contributed by atoms with Crippen LogP contribution in [0.15, 0.2) is 54.6 Å². The van der Waals surface area contributed by atoms with E-state index in [-0.39, 0.29) is 13.0 Å². The van der Waals surface area contributed by atoms with Gasteiger partial charge >= 0.3 is 12.1 Å². The van der Waals surface area contributed by atoms with Gasteiger partial charge in [-0.25, -0.2) is 9.59 Å². The first kappa shape index (κ1) is 18.5. The Bertz CT molecular complexity index is 712. The van der Waals surface area contributed by atoms with E-state index >= 15 is 0 Å². The zero-order chi connectivity index (χ0) is 18.3. The van der Waals surface area contributed by atoms with Crippen LogP contribution in [0, 0.1) is 0 Å². The molecule has 25 heavy (non-hydrogen) atoms. The molecule has 0 bridgehead atoms. The Morgan fingerprint density at radius 2 is 1.64 bits per heavy atom. The predicted octanol–water partition coefficient (Wildman–Crippen LogP) is 3.87. The summed E-state index contributed by atoms with van der Waals surface area (Å²) in [6.45, 7) is 3.83. The molecule has 1 atom stereocenters. The van der Waals surface area contributed by atoms with Crippen molar-refractivity contribution in [2.45, 2.75) is 38.8 Å². The molecule has 0 aliphatic heterocycles. The van der Waals surface area contributed by atoms with Crippen molar-refractivity contribution in [3.8, 4) is 0 Å². The van der Waals surface area contributed by atoms with Gasteiger partial charge in [0.25, 0.3) is 0 Å². The van der Waals surface area contributed by atoms with Crippen molar-refractivity contribution in [3.63, 3.8) is 0 Å². The molecule has 132 valence electrons. The van der Waals surface area contributed by atoms with E-state index in [0.717, 1.165) is 17.5 Å². The van der Waals surface area contributed by atoms with E-state index in [1.165, 1.54) is 0 Å². The van der Waals surface area contributed by atoms with Gasteiger partial charge in [0.2, 0.25) is 0 Å². The van der Waals surface area contributed by atoms with E-state index in [1.807, 2.05) is 49.4 Å². The second-order valence-corrected chi connectivity index (χ2v) is 5.80. The summed E-state index contributed by atoms with van der Waals surface area (Å²) < 4.78 is 5.19. The number of rotatable bonds is 7. The highest BCUT2D eigenvalue weighted by Gasteiger charge is 2.40. The van der Waals surface area contributed by atoms with Crippen molar-refractivity contribution in [2.24, 2.45) is 0 Å². The van der Waals surface area contributed by atoms with Crippen LogP contribution in [-0.4, -0.2) is 17.2 Å². The van der Waals surface area contributed by atoms with E-state index < -0.39 is 17.6 Å². The van der Waals surface area contributed by atoms with Gasteiger partial charge < -0.3 is 15.2 Å². The van der Waals surface area contributed by atoms with Crippen LogP contribution < -0.4 is 5.32 Å². The number of carboxylic acid groups (broad SMARTS) is 1. The number of hydrogen-bond acceptors (Lipinski definition) is 3. The molecular formula is C20H23NO4. The van der Waals surface area contributed by atoms with Gasteiger partial charge in [-0.15, -0.1) is 0 Å². The highest BCUT2D eigenvalue weighted by molar-refractivity contribution is 5.85. The molecule has 0 spiro atoms. The number of hydrogen-bond donors (Lipinski definition) is 2. The van der Waals surface area contributed by atoms with Crippen LogP contribution in [0.3, 0.4) is 0 Å². The van der Waals surface area contributed by atoms with Crippen LogP contribution in [0.2, 0.25) is 0 Å². The minimum atomic E-state index is -1.51. The Morgan fingerprint density at radius 3 is 2.16 bits per heavy atom. The van der Waals surface area contributed by atoms with Crippen molar-refractivity contribution in [3.05, 3.63) is 71.3 Å². The van der Waals surface area contributed by atoms with Gasteiger partial charge in [-0.2, -0.15) is 0 Å². The first-order valence-electron chi connectivity index (χ1n) is 8.33. The molecule has 2 aromatic carbocycles. The quantitative estimate of drug-likeness (QED) is 0.802. The molecule has 0 saturated heterocycles. The van der Waals surface area contributed by atoms with E-state index in [1.54, 1.807) is 19.1 Å². The third kappa shape index (κ3) is 4.38. The molecule has 1 unspecified atom stereocenters. The smallest absolute Gasteiger partial charge is 0.408 e. The maximum atomic E-state index is 12.2. The zero-order valence-electron chi connectivity index (χ0n) is 14.5. The number of carbonyl (C=O) groups is 2. The Kier molecular flexibility index (Phi) is 6.17. The number of ether oxygens (including phenoxy) is 1. The maximum absolute atomic E-state index is 12.2. The molecule has 5 heteroatoms. The average Bonchev–Trinajstić information content (AvgIpc) is 2.65. The molecule has 0 radical (unpaired) electrons. The number of nitrogens with one attached hydrogen (secondary N) is 1. The molecule has 5 nitrogen and oxygen atoms in total. The van der Waals surface area contributed by atoms with Crippen LogP contribution in [0.1, 0.15) is 37.0 Å². The van der Waals surface area contributed by atoms with E-state index in [2.05, 4.69) is 5.32 Å². The highest BCUT2D eigenvalue weighted by atomic mass is 16.5. The summed E-state index contributed by atoms with van der Waals surface area (Å²) >= 11 is 0. The van der Waals surface area contributed by atoms with Crippen LogP contribution in [0.25, 0.3) is 0 Å². The van der Waals surface area contributed by atoms with Crippen LogP contribution in [0.4, 0.5) is 4.79 Å². The topological polar surface area (TPSA) is 75.6 Å². The maximum Gasteiger partial charge on any atom is 0.408 e. The molecule has 1 amide bonds. The van der Waals surface area contributed by atoms with Crippen molar-refractivity contribution in [2.75, 3.05) is 0 Å². The number of aliphatic carboxylic acids is 1. The van der Waals surface area contributed by atoms with Crippen molar-refractivity contribution >= 4 is 12.1 Å². The fourth-order valence-electron chi connectivity index (χ4n) is 2.65. The lowest BCUT2D eigenvalue weighted by molar-refractivity contribution is -0.145. The summed E-state index contributed by atoms with van der Waals surface area (Å²) in [5.74, 6) is -1.11. The number of carbonyl (C=O) groups excluding carboxylic acids is 1. The predicted molar refractivity (Wildman–Crippen MR) is 95.2 cm³/mol. The molecule has 0 aliphatic rings. The van der Waals surface area contributed by atoms with Gasteiger partial charge in [0, 0.05) is 0 Å². The number of carboxylic acids is 1. The number of aryl methyl sites for hydroxylation is 1. The summed E-state index contributed by atoms with van der Waals surface area (Å²) in [5, 5.41) is 12.3. The lowest BCUT2D eigenvalue weighted by atomic mass is 9.86. The number of benzene rings is 2. The van der Waals surface area contributed by atoms with E-state index in [4.69, 9.17) is 4.74 Å². The lowest BCUT2D eigenvalue weighted by Crippen LogP contribution is -2.51. The van der Waals surface area contributed by atoms with Crippen molar-refractivity contribution in [1.29, 1.82) is 0 Å². The zero-order valence-corrected chi connectivity index (χ0v) is 14.5. The first-order chi connectivity index (χ1) is 12.0. The standard InChI is InChI=1S/C20H23NO4/c1-3-15-10-12-17(13-11-15)20(4-2,18(22)23)21-19(24)25-14-16-8-6-5-7-9-16/h5-13H,3-4,14H2,1-2H3,(H,21,24)(H,22,23). The lowest BCUT2D eigenvalue weighted by Gasteiger charge is -2.29. The molecule has 0 aromatic heterocycles. The summed E-state index contributed by atoms with van der Waals surface area (Å²) in [6.07, 6.45) is 0.306. The highest BCUT2D eigenvalue weighted by Crippen LogP contribution is 2.26. The fourth-order valence-corrected chi connectivity index (χ4v) is 2.65. The van der Waals surface area contributed by atoms with Gasteiger partial charge in [-0.1, -0.05) is 68.4 Å². The van der Waals surface area contributed by atoms with Gasteiger partial charge in [0.1, 0.15) is 6.61 Å². The van der Waals surface area contributed by atoms with Crippen molar-refractivity contribution < 1.29 is 19.4 Å². The Balaban J connectivity index is 2.15. The van der Waals surface area contributed by atoms with Gasteiger partial charge in [-0.05, 0) is 29.5 Å². The second kappa shape index (κ2) is 8.33. The SMILES string of the molecule is CCc1ccc(C(CC)(NC(=O)OCc2ccccc2)C(=O)O)cc1. The molecule has 0 saturated carbocycles. The first-order valence-corrected chi connectivity index (χ1v) is 8.33. The normalized spacial score (nSPS) is 12.9. The van der Waals surface area contributed by atoms with Crippen LogP contribution >= 0.6 is 0 Å². The van der Waals surface area contributed by atoms with Gasteiger partial charge in [0.15, 0.2) is 5.54 Å². The summed E-state index contributed by atoms with van der Waals surface area (Å²) in [5.41, 5.74) is 0.949. The van der Waals surface area contributed by atoms with E-state index in [0.29, 0.717) is 5.56 Å². The molecule has 0 heterocycles. The Morgan fingerprint density at radius 1 is 1.00 bits per heavy atom. The minimum absolute atomic E-state index is 0.0842. The minimum Gasteiger partial charge on any atom is -0.479 e.